The van der Waals surface area contributed by atoms with Crippen LogP contribution in [0.2, 0.25) is 5.02 Å². The molecule has 0 fully saturated rings. The molecular weight excluding hydrogens is 289 g/mol. The van der Waals surface area contributed by atoms with Crippen molar-refractivity contribution in [2.75, 3.05) is 18.4 Å². The molecule has 0 unspecified atom stereocenters. The fourth-order valence-electron chi connectivity index (χ4n) is 1.54. The highest BCUT2D eigenvalue weighted by Gasteiger charge is 2.15. The maximum atomic E-state index is 12.2. The zero-order valence-electron chi connectivity index (χ0n) is 9.46. The van der Waals surface area contributed by atoms with Gasteiger partial charge in [0.25, 0.3) is 5.91 Å². The van der Waals surface area contributed by atoms with Crippen molar-refractivity contribution in [1.29, 1.82) is 0 Å². The van der Waals surface area contributed by atoms with Crippen LogP contribution in [0.5, 0.6) is 0 Å². The molecule has 0 aromatic heterocycles. The molecule has 88 valence electrons. The Bertz CT molecular complexity index is 381. The van der Waals surface area contributed by atoms with Gasteiger partial charge in [-0.05, 0) is 37.6 Å². The summed E-state index contributed by atoms with van der Waals surface area (Å²) in [6.45, 7) is 5.32. The van der Waals surface area contributed by atoms with Gasteiger partial charge in [-0.2, -0.15) is 0 Å². The van der Waals surface area contributed by atoms with E-state index >= 15 is 0 Å². The molecular formula is C12H15BrClNO. The van der Waals surface area contributed by atoms with Gasteiger partial charge in [0.15, 0.2) is 0 Å². The van der Waals surface area contributed by atoms with Crippen LogP contribution in [0.1, 0.15) is 22.8 Å². The van der Waals surface area contributed by atoms with Crippen molar-refractivity contribution < 1.29 is 4.79 Å². The van der Waals surface area contributed by atoms with Crippen molar-refractivity contribution >= 4 is 33.4 Å². The van der Waals surface area contributed by atoms with Crippen LogP contribution >= 0.6 is 27.5 Å². The van der Waals surface area contributed by atoms with E-state index in [0.717, 1.165) is 23.0 Å². The SMILES string of the molecule is CCN(CCBr)C(=O)c1ccc(Cl)cc1C. The normalized spacial score (nSPS) is 10.2. The molecule has 1 amide bonds. The Morgan fingerprint density at radius 2 is 2.19 bits per heavy atom. The number of hydrogen-bond acceptors (Lipinski definition) is 1. The largest absolute Gasteiger partial charge is 0.338 e. The van der Waals surface area contributed by atoms with Crippen LogP contribution < -0.4 is 0 Å². The third-order valence-electron chi connectivity index (χ3n) is 2.44. The highest BCUT2D eigenvalue weighted by Crippen LogP contribution is 2.17. The topological polar surface area (TPSA) is 20.3 Å². The first-order valence-electron chi connectivity index (χ1n) is 5.21. The number of aryl methyl sites for hydroxylation is 1. The maximum absolute atomic E-state index is 12.2. The molecule has 0 spiro atoms. The predicted molar refractivity (Wildman–Crippen MR) is 71.6 cm³/mol. The number of carbonyl (C=O) groups excluding carboxylic acids is 1. The van der Waals surface area contributed by atoms with Crippen molar-refractivity contribution in [1.82, 2.24) is 4.90 Å². The molecule has 0 atom stereocenters. The van der Waals surface area contributed by atoms with Crippen molar-refractivity contribution in [3.05, 3.63) is 34.3 Å². The van der Waals surface area contributed by atoms with Crippen molar-refractivity contribution in [3.8, 4) is 0 Å². The number of carbonyl (C=O) groups is 1. The number of benzene rings is 1. The molecule has 0 heterocycles. The fourth-order valence-corrected chi connectivity index (χ4v) is 2.20. The van der Waals surface area contributed by atoms with E-state index in [4.69, 9.17) is 11.6 Å². The van der Waals surface area contributed by atoms with E-state index in [1.54, 1.807) is 12.1 Å². The minimum absolute atomic E-state index is 0.0658. The van der Waals surface area contributed by atoms with Gasteiger partial charge < -0.3 is 4.90 Å². The molecule has 4 heteroatoms. The van der Waals surface area contributed by atoms with Crippen LogP contribution in [-0.2, 0) is 0 Å². The second-order valence-electron chi connectivity index (χ2n) is 3.53. The van der Waals surface area contributed by atoms with Crippen LogP contribution in [0.3, 0.4) is 0 Å². The van der Waals surface area contributed by atoms with E-state index in [9.17, 15) is 4.79 Å². The molecule has 1 aromatic rings. The standard InChI is InChI=1S/C12H15BrClNO/c1-3-15(7-6-13)12(16)11-5-4-10(14)8-9(11)2/h4-5,8H,3,6-7H2,1-2H3. The average molecular weight is 305 g/mol. The lowest BCUT2D eigenvalue weighted by Gasteiger charge is -2.20. The number of halogens is 2. The number of hydrogen-bond donors (Lipinski definition) is 0. The van der Waals surface area contributed by atoms with Gasteiger partial charge in [0.1, 0.15) is 0 Å². The number of nitrogens with zero attached hydrogens (tertiary/aromatic N) is 1. The molecule has 0 bridgehead atoms. The highest BCUT2D eigenvalue weighted by molar-refractivity contribution is 9.09. The Morgan fingerprint density at radius 1 is 1.50 bits per heavy atom. The van der Waals surface area contributed by atoms with Crippen LogP contribution in [0.4, 0.5) is 0 Å². The molecule has 16 heavy (non-hydrogen) atoms. The average Bonchev–Trinajstić information content (AvgIpc) is 2.25. The molecule has 0 aliphatic heterocycles. The summed E-state index contributed by atoms with van der Waals surface area (Å²) in [6, 6.07) is 5.36. The Balaban J connectivity index is 2.94. The summed E-state index contributed by atoms with van der Waals surface area (Å²) < 4.78 is 0. The van der Waals surface area contributed by atoms with Gasteiger partial charge in [-0.3, -0.25) is 4.79 Å². The first-order chi connectivity index (χ1) is 7.60. The Morgan fingerprint density at radius 3 is 2.69 bits per heavy atom. The molecule has 1 rings (SSSR count). The first-order valence-corrected chi connectivity index (χ1v) is 6.71. The summed E-state index contributed by atoms with van der Waals surface area (Å²) in [4.78, 5) is 14.0. The van der Waals surface area contributed by atoms with Gasteiger partial charge in [-0.25, -0.2) is 0 Å². The maximum Gasteiger partial charge on any atom is 0.254 e. The zero-order valence-corrected chi connectivity index (χ0v) is 11.8. The van der Waals surface area contributed by atoms with Crippen LogP contribution in [0.25, 0.3) is 0 Å². The third kappa shape index (κ3) is 3.22. The first kappa shape index (κ1) is 13.5. The lowest BCUT2D eigenvalue weighted by atomic mass is 10.1. The van der Waals surface area contributed by atoms with Gasteiger partial charge in [0, 0.05) is 29.0 Å². The summed E-state index contributed by atoms with van der Waals surface area (Å²) in [5.74, 6) is 0.0658. The van der Waals surface area contributed by atoms with E-state index in [-0.39, 0.29) is 5.91 Å². The van der Waals surface area contributed by atoms with Gasteiger partial charge >= 0.3 is 0 Å². The van der Waals surface area contributed by atoms with E-state index in [0.29, 0.717) is 11.6 Å². The Hall–Kier alpha value is -0.540. The lowest BCUT2D eigenvalue weighted by molar-refractivity contribution is 0.0774. The molecule has 0 saturated heterocycles. The molecule has 0 aliphatic rings. The second kappa shape index (κ2) is 6.26. The van der Waals surface area contributed by atoms with Gasteiger partial charge in [-0.15, -0.1) is 0 Å². The van der Waals surface area contributed by atoms with E-state index in [1.165, 1.54) is 0 Å². The second-order valence-corrected chi connectivity index (χ2v) is 4.76. The predicted octanol–water partition coefficient (Wildman–Crippen LogP) is 3.51. The monoisotopic (exact) mass is 303 g/mol. The van der Waals surface area contributed by atoms with Crippen LogP contribution in [0.15, 0.2) is 18.2 Å². The van der Waals surface area contributed by atoms with Crippen molar-refractivity contribution in [2.24, 2.45) is 0 Å². The molecule has 0 saturated carbocycles. The number of rotatable bonds is 4. The molecule has 1 aromatic carbocycles. The van der Waals surface area contributed by atoms with Gasteiger partial charge in [-0.1, -0.05) is 27.5 Å². The minimum atomic E-state index is 0.0658. The summed E-state index contributed by atoms with van der Waals surface area (Å²) >= 11 is 9.21. The van der Waals surface area contributed by atoms with Gasteiger partial charge in [0.05, 0.1) is 0 Å². The Labute approximate surface area is 110 Å². The fraction of sp³-hybridized carbons (Fsp3) is 0.417. The summed E-state index contributed by atoms with van der Waals surface area (Å²) in [6.07, 6.45) is 0. The summed E-state index contributed by atoms with van der Waals surface area (Å²) in [5, 5.41) is 1.46. The van der Waals surface area contributed by atoms with E-state index in [2.05, 4.69) is 15.9 Å². The van der Waals surface area contributed by atoms with Crippen LogP contribution in [-0.4, -0.2) is 29.2 Å². The Kier molecular flexibility index (Phi) is 5.29. The van der Waals surface area contributed by atoms with Crippen molar-refractivity contribution in [2.45, 2.75) is 13.8 Å². The molecule has 2 nitrogen and oxygen atoms in total. The molecule has 0 aliphatic carbocycles. The van der Waals surface area contributed by atoms with E-state index < -0.39 is 0 Å². The number of alkyl halides is 1. The highest BCUT2D eigenvalue weighted by atomic mass is 79.9. The third-order valence-corrected chi connectivity index (χ3v) is 3.03. The summed E-state index contributed by atoms with van der Waals surface area (Å²) in [7, 11) is 0. The summed E-state index contributed by atoms with van der Waals surface area (Å²) in [5.41, 5.74) is 1.65. The van der Waals surface area contributed by atoms with Crippen molar-refractivity contribution in [3.63, 3.8) is 0 Å². The lowest BCUT2D eigenvalue weighted by Crippen LogP contribution is -2.32. The quantitative estimate of drug-likeness (QED) is 0.780. The minimum Gasteiger partial charge on any atom is -0.338 e. The van der Waals surface area contributed by atoms with Crippen LogP contribution in [0, 0.1) is 6.92 Å². The van der Waals surface area contributed by atoms with E-state index in [1.807, 2.05) is 24.8 Å². The smallest absolute Gasteiger partial charge is 0.254 e. The zero-order chi connectivity index (χ0) is 12.1. The molecule has 0 radical (unpaired) electrons. The van der Waals surface area contributed by atoms with Gasteiger partial charge in [0.2, 0.25) is 0 Å². The molecule has 0 N–H and O–H groups in total. The number of amides is 1.